The Balaban J connectivity index is 1.92. The molecule has 2 aromatic rings. The van der Waals surface area contributed by atoms with Crippen LogP contribution in [-0.2, 0) is 10.3 Å². The molecule has 5 atom stereocenters. The molecule has 1 unspecified atom stereocenters. The van der Waals surface area contributed by atoms with Gasteiger partial charge < -0.3 is 20.7 Å². The second kappa shape index (κ2) is 3.48. The maximum absolute atomic E-state index is 14.7. The Bertz CT molecular complexity index is 804. The first-order valence-corrected chi connectivity index (χ1v) is 6.19. The van der Waals surface area contributed by atoms with Gasteiger partial charge in [-0.3, -0.25) is 0 Å². The van der Waals surface area contributed by atoms with E-state index in [2.05, 4.69) is 10.1 Å². The number of aliphatic hydroxyl groups excluding tert-OH is 1. The monoisotopic (exact) mass is 291 g/mol. The maximum Gasteiger partial charge on any atom is 0.231 e. The van der Waals surface area contributed by atoms with Crippen LogP contribution in [0, 0.1) is 11.3 Å². The number of nitrogen functional groups attached to an aromatic ring is 1. The summed E-state index contributed by atoms with van der Waals surface area (Å²) in [5.74, 6) is 0.168. The van der Waals surface area contributed by atoms with E-state index in [1.165, 1.54) is 23.0 Å². The molecular formula is C12H10FN5O3. The first kappa shape index (κ1) is 12.5. The number of nitrogens with zero attached hydrogens (tertiary/aromatic N) is 4. The highest BCUT2D eigenvalue weighted by Crippen LogP contribution is 2.59. The van der Waals surface area contributed by atoms with Gasteiger partial charge in [-0.2, -0.15) is 10.4 Å². The van der Waals surface area contributed by atoms with Crippen LogP contribution in [-0.4, -0.2) is 48.8 Å². The fraction of sp³-hybridized carbons (Fsp3) is 0.417. The largest absolute Gasteiger partial charge is 0.387 e. The molecule has 0 spiro atoms. The van der Waals surface area contributed by atoms with E-state index in [9.17, 15) is 19.9 Å². The molecule has 2 aliphatic rings. The van der Waals surface area contributed by atoms with Crippen molar-refractivity contribution >= 4 is 11.3 Å². The maximum atomic E-state index is 14.7. The fourth-order valence-electron chi connectivity index (χ4n) is 2.95. The third kappa shape index (κ3) is 1.19. The normalized spacial score (nSPS) is 41.0. The first-order chi connectivity index (χ1) is 9.96. The summed E-state index contributed by atoms with van der Waals surface area (Å²) >= 11 is 0. The molecule has 2 aromatic heterocycles. The predicted molar refractivity (Wildman–Crippen MR) is 65.4 cm³/mol. The molecule has 21 heavy (non-hydrogen) atoms. The van der Waals surface area contributed by atoms with Gasteiger partial charge in [-0.05, 0) is 12.1 Å². The molecule has 1 saturated heterocycles. The van der Waals surface area contributed by atoms with Gasteiger partial charge in [0.2, 0.25) is 5.60 Å². The molecule has 0 bridgehead atoms. The van der Waals surface area contributed by atoms with Crippen molar-refractivity contribution in [1.82, 2.24) is 14.6 Å². The number of nitriles is 1. The lowest BCUT2D eigenvalue weighted by Crippen LogP contribution is -2.44. The first-order valence-electron chi connectivity index (χ1n) is 6.19. The van der Waals surface area contributed by atoms with Gasteiger partial charge >= 0.3 is 0 Å². The molecule has 3 heterocycles. The van der Waals surface area contributed by atoms with Crippen LogP contribution in [0.15, 0.2) is 18.5 Å². The Hall–Kier alpha value is -2.28. The molecule has 2 fully saturated rings. The average Bonchev–Trinajstić information content (AvgIpc) is 2.84. The molecule has 9 heteroatoms. The number of fused-ring (bicyclic) bond motifs is 2. The van der Waals surface area contributed by atoms with Crippen molar-refractivity contribution in [3.05, 3.63) is 24.2 Å². The SMILES string of the molecule is N#C[C@@]1(c2ccc3c(N)ncnn23)O[C@@H]2C(O)[C@]2(O)[C@H]1F. The number of rotatable bonds is 1. The Labute approximate surface area is 117 Å². The molecular weight excluding hydrogens is 281 g/mol. The number of aromatic nitrogens is 3. The number of ether oxygens (including phenoxy) is 1. The minimum absolute atomic E-state index is 0.0921. The number of anilines is 1. The number of nitrogens with two attached hydrogens (primary N) is 1. The molecule has 0 amide bonds. The summed E-state index contributed by atoms with van der Waals surface area (Å²) in [6.07, 6.45) is -3.40. The highest BCUT2D eigenvalue weighted by atomic mass is 19.1. The van der Waals surface area contributed by atoms with Crippen LogP contribution in [0.25, 0.3) is 5.52 Å². The van der Waals surface area contributed by atoms with Gasteiger partial charge in [0, 0.05) is 0 Å². The van der Waals surface area contributed by atoms with Crippen molar-refractivity contribution in [2.75, 3.05) is 5.73 Å². The molecule has 108 valence electrons. The Morgan fingerprint density at radius 3 is 2.90 bits per heavy atom. The molecule has 1 aliphatic heterocycles. The van der Waals surface area contributed by atoms with Crippen LogP contribution in [0.4, 0.5) is 10.2 Å². The van der Waals surface area contributed by atoms with Crippen LogP contribution in [0.3, 0.4) is 0 Å². The Morgan fingerprint density at radius 1 is 1.52 bits per heavy atom. The van der Waals surface area contributed by atoms with Gasteiger partial charge in [0.25, 0.3) is 0 Å². The summed E-state index contributed by atoms with van der Waals surface area (Å²) in [6, 6.07) is 4.73. The Kier molecular flexibility index (Phi) is 2.07. The van der Waals surface area contributed by atoms with E-state index in [0.717, 1.165) is 0 Å². The molecule has 8 nitrogen and oxygen atoms in total. The summed E-state index contributed by atoms with van der Waals surface area (Å²) in [6.45, 7) is 0. The van der Waals surface area contributed by atoms with Crippen LogP contribution >= 0.6 is 0 Å². The second-order valence-electron chi connectivity index (χ2n) is 5.24. The van der Waals surface area contributed by atoms with E-state index < -0.39 is 29.6 Å². The second-order valence-corrected chi connectivity index (χ2v) is 5.24. The van der Waals surface area contributed by atoms with Crippen LogP contribution in [0.1, 0.15) is 5.69 Å². The zero-order valence-electron chi connectivity index (χ0n) is 10.5. The summed E-state index contributed by atoms with van der Waals surface area (Å²) in [5.41, 5.74) is 2.07. The summed E-state index contributed by atoms with van der Waals surface area (Å²) in [5, 5.41) is 32.9. The summed E-state index contributed by atoms with van der Waals surface area (Å²) in [4.78, 5) is 3.80. The topological polar surface area (TPSA) is 130 Å². The zero-order valence-corrected chi connectivity index (χ0v) is 10.5. The minimum Gasteiger partial charge on any atom is -0.387 e. The van der Waals surface area contributed by atoms with E-state index in [4.69, 9.17) is 10.5 Å². The van der Waals surface area contributed by atoms with E-state index in [0.29, 0.717) is 5.52 Å². The van der Waals surface area contributed by atoms with Crippen molar-refractivity contribution in [3.63, 3.8) is 0 Å². The van der Waals surface area contributed by atoms with Crippen molar-refractivity contribution in [3.8, 4) is 6.07 Å². The van der Waals surface area contributed by atoms with Crippen LogP contribution < -0.4 is 5.73 Å². The molecule has 0 radical (unpaired) electrons. The predicted octanol–water partition coefficient (Wildman–Crippen LogP) is -1.13. The molecule has 1 saturated carbocycles. The van der Waals surface area contributed by atoms with Gasteiger partial charge in [-0.1, -0.05) is 0 Å². The number of hydrogen-bond acceptors (Lipinski definition) is 7. The standard InChI is InChI=1S/C12H10FN5O3/c13-10-11(3-14,21-8-7(19)12(8,10)20)6-2-1-5-9(15)16-4-17-18(5)6/h1-2,4,7-8,10,19-20H,(H2,15,16,17)/t7?,8-,10+,11+,12-/m1/s1. The molecule has 1 aliphatic carbocycles. The number of hydrogen-bond donors (Lipinski definition) is 3. The van der Waals surface area contributed by atoms with E-state index >= 15 is 0 Å². The molecule has 4 rings (SSSR count). The van der Waals surface area contributed by atoms with Crippen molar-refractivity contribution in [2.24, 2.45) is 0 Å². The van der Waals surface area contributed by atoms with Gasteiger partial charge in [0.15, 0.2) is 17.6 Å². The number of aliphatic hydroxyl groups is 2. The van der Waals surface area contributed by atoms with Crippen LogP contribution in [0.2, 0.25) is 0 Å². The average molecular weight is 291 g/mol. The molecule has 4 N–H and O–H groups in total. The Morgan fingerprint density at radius 2 is 2.29 bits per heavy atom. The van der Waals surface area contributed by atoms with Crippen molar-refractivity contribution in [2.45, 2.75) is 29.6 Å². The lowest BCUT2D eigenvalue weighted by atomic mass is 9.92. The minimum atomic E-state index is -2.11. The lowest BCUT2D eigenvalue weighted by Gasteiger charge is -2.26. The van der Waals surface area contributed by atoms with E-state index in [1.54, 1.807) is 6.07 Å². The van der Waals surface area contributed by atoms with E-state index in [1.807, 2.05) is 0 Å². The third-order valence-electron chi connectivity index (χ3n) is 4.21. The van der Waals surface area contributed by atoms with Gasteiger partial charge in [-0.15, -0.1) is 0 Å². The number of alkyl halides is 1. The van der Waals surface area contributed by atoms with Gasteiger partial charge in [0.1, 0.15) is 30.1 Å². The zero-order chi connectivity index (χ0) is 15.0. The summed E-state index contributed by atoms with van der Waals surface area (Å²) in [7, 11) is 0. The van der Waals surface area contributed by atoms with Crippen molar-refractivity contribution in [1.29, 1.82) is 5.26 Å². The molecule has 0 aromatic carbocycles. The smallest absolute Gasteiger partial charge is 0.231 e. The highest BCUT2D eigenvalue weighted by Gasteiger charge is 2.82. The van der Waals surface area contributed by atoms with Crippen molar-refractivity contribution < 1.29 is 19.3 Å². The van der Waals surface area contributed by atoms with Gasteiger partial charge in [-0.25, -0.2) is 13.9 Å². The lowest BCUT2D eigenvalue weighted by molar-refractivity contribution is -0.0739. The van der Waals surface area contributed by atoms with Gasteiger partial charge in [0.05, 0.1) is 5.69 Å². The fourth-order valence-corrected chi connectivity index (χ4v) is 2.95. The highest BCUT2D eigenvalue weighted by molar-refractivity contribution is 5.66. The third-order valence-corrected chi connectivity index (χ3v) is 4.21. The summed E-state index contributed by atoms with van der Waals surface area (Å²) < 4.78 is 21.2. The quantitative estimate of drug-likeness (QED) is 0.606. The number of halogens is 1. The van der Waals surface area contributed by atoms with Crippen LogP contribution in [0.5, 0.6) is 0 Å². The van der Waals surface area contributed by atoms with E-state index in [-0.39, 0.29) is 11.5 Å².